The van der Waals surface area contributed by atoms with Gasteiger partial charge in [0.05, 0.1) is 19.3 Å². The molecular formula is C20H31NO3. The van der Waals surface area contributed by atoms with Crippen LogP contribution in [-0.2, 0) is 20.8 Å². The summed E-state index contributed by atoms with van der Waals surface area (Å²) in [6.45, 7) is 7.73. The highest BCUT2D eigenvalue weighted by molar-refractivity contribution is 5.24. The fraction of sp³-hybridized carbons (Fsp3) is 0.700. The first kappa shape index (κ1) is 17.9. The van der Waals surface area contributed by atoms with Gasteiger partial charge in [0.25, 0.3) is 0 Å². The molecule has 0 aromatic heterocycles. The van der Waals surface area contributed by atoms with Crippen LogP contribution in [0.1, 0.15) is 43.2 Å². The van der Waals surface area contributed by atoms with E-state index in [2.05, 4.69) is 36.1 Å². The minimum atomic E-state index is 0.0359. The van der Waals surface area contributed by atoms with Gasteiger partial charge in [-0.1, -0.05) is 24.3 Å². The standard InChI is InChI=1S/C20H31NO3/c1-17-6-2-3-7-18(17)16-24-19-9-11-21(12-10-19)13-15-23-20-8-4-5-14-22-20/h2-3,6-7,19-20H,4-5,8-16H2,1H3/t20-/m0/s1. The summed E-state index contributed by atoms with van der Waals surface area (Å²) in [6, 6.07) is 8.48. The Hall–Kier alpha value is -0.940. The lowest BCUT2D eigenvalue weighted by atomic mass is 10.1. The minimum Gasteiger partial charge on any atom is -0.373 e. The van der Waals surface area contributed by atoms with Crippen LogP contribution in [-0.4, -0.2) is 50.1 Å². The van der Waals surface area contributed by atoms with Crippen LogP contribution in [0.4, 0.5) is 0 Å². The molecule has 4 heteroatoms. The van der Waals surface area contributed by atoms with Crippen LogP contribution in [0, 0.1) is 6.92 Å². The Morgan fingerprint density at radius 2 is 1.92 bits per heavy atom. The topological polar surface area (TPSA) is 30.9 Å². The van der Waals surface area contributed by atoms with Gasteiger partial charge in [-0.2, -0.15) is 0 Å². The summed E-state index contributed by atoms with van der Waals surface area (Å²) < 4.78 is 17.6. The summed E-state index contributed by atoms with van der Waals surface area (Å²) in [5, 5.41) is 0. The molecule has 1 aromatic carbocycles. The number of aryl methyl sites for hydroxylation is 1. The molecule has 2 heterocycles. The molecule has 2 aliphatic rings. The fourth-order valence-electron chi connectivity index (χ4n) is 3.44. The summed E-state index contributed by atoms with van der Waals surface area (Å²) in [6.07, 6.45) is 6.12. The van der Waals surface area contributed by atoms with E-state index in [4.69, 9.17) is 14.2 Å². The second-order valence-corrected chi connectivity index (χ2v) is 6.95. The molecule has 0 unspecified atom stereocenters. The van der Waals surface area contributed by atoms with Crippen LogP contribution in [0.25, 0.3) is 0 Å². The number of rotatable bonds is 7. The number of benzene rings is 1. The first-order valence-corrected chi connectivity index (χ1v) is 9.43. The van der Waals surface area contributed by atoms with Gasteiger partial charge in [-0.05, 0) is 50.2 Å². The van der Waals surface area contributed by atoms with Gasteiger partial charge in [0.15, 0.2) is 6.29 Å². The Bertz CT molecular complexity index is 480. The number of nitrogens with zero attached hydrogens (tertiary/aromatic N) is 1. The zero-order valence-corrected chi connectivity index (χ0v) is 14.9. The lowest BCUT2D eigenvalue weighted by Gasteiger charge is -2.32. The first-order chi connectivity index (χ1) is 11.8. The van der Waals surface area contributed by atoms with Crippen molar-refractivity contribution in [1.29, 1.82) is 0 Å². The van der Waals surface area contributed by atoms with Crippen molar-refractivity contribution in [3.8, 4) is 0 Å². The van der Waals surface area contributed by atoms with E-state index in [9.17, 15) is 0 Å². The highest BCUT2D eigenvalue weighted by Crippen LogP contribution is 2.18. The van der Waals surface area contributed by atoms with Crippen molar-refractivity contribution in [3.63, 3.8) is 0 Å². The van der Waals surface area contributed by atoms with Crippen LogP contribution in [0.3, 0.4) is 0 Å². The maximum absolute atomic E-state index is 6.12. The monoisotopic (exact) mass is 333 g/mol. The lowest BCUT2D eigenvalue weighted by molar-refractivity contribution is -0.165. The number of ether oxygens (including phenoxy) is 3. The highest BCUT2D eigenvalue weighted by Gasteiger charge is 2.20. The normalized spacial score (nSPS) is 23.5. The third kappa shape index (κ3) is 5.55. The first-order valence-electron chi connectivity index (χ1n) is 9.43. The Morgan fingerprint density at radius 3 is 2.67 bits per heavy atom. The zero-order chi connectivity index (χ0) is 16.6. The number of hydrogen-bond acceptors (Lipinski definition) is 4. The van der Waals surface area contributed by atoms with Gasteiger partial charge in [0, 0.05) is 26.2 Å². The number of likely N-dealkylation sites (tertiary alicyclic amines) is 1. The van der Waals surface area contributed by atoms with Gasteiger partial charge in [-0.3, -0.25) is 0 Å². The third-order valence-electron chi connectivity index (χ3n) is 5.12. The summed E-state index contributed by atoms with van der Waals surface area (Å²) in [4.78, 5) is 2.48. The van der Waals surface area contributed by atoms with Gasteiger partial charge < -0.3 is 19.1 Å². The van der Waals surface area contributed by atoms with Crippen molar-refractivity contribution in [2.24, 2.45) is 0 Å². The Labute approximate surface area is 146 Å². The maximum atomic E-state index is 6.12. The molecule has 24 heavy (non-hydrogen) atoms. The molecular weight excluding hydrogens is 302 g/mol. The van der Waals surface area contributed by atoms with E-state index in [0.717, 1.165) is 58.7 Å². The van der Waals surface area contributed by atoms with E-state index in [1.165, 1.54) is 24.0 Å². The van der Waals surface area contributed by atoms with Gasteiger partial charge in [0.2, 0.25) is 0 Å². The Morgan fingerprint density at radius 1 is 1.08 bits per heavy atom. The molecule has 2 fully saturated rings. The summed E-state index contributed by atoms with van der Waals surface area (Å²) >= 11 is 0. The van der Waals surface area contributed by atoms with Crippen LogP contribution < -0.4 is 0 Å². The molecule has 3 rings (SSSR count). The molecule has 0 N–H and O–H groups in total. The van der Waals surface area contributed by atoms with E-state index >= 15 is 0 Å². The van der Waals surface area contributed by atoms with E-state index < -0.39 is 0 Å². The van der Waals surface area contributed by atoms with Gasteiger partial charge in [-0.15, -0.1) is 0 Å². The largest absolute Gasteiger partial charge is 0.373 e. The fourth-order valence-corrected chi connectivity index (χ4v) is 3.44. The van der Waals surface area contributed by atoms with Crippen LogP contribution >= 0.6 is 0 Å². The molecule has 134 valence electrons. The van der Waals surface area contributed by atoms with Crippen molar-refractivity contribution in [1.82, 2.24) is 4.90 Å². The van der Waals surface area contributed by atoms with Gasteiger partial charge in [-0.25, -0.2) is 0 Å². The summed E-state index contributed by atoms with van der Waals surface area (Å²) in [5.41, 5.74) is 2.62. The molecule has 0 radical (unpaired) electrons. The van der Waals surface area contributed by atoms with E-state index in [1.54, 1.807) is 0 Å². The van der Waals surface area contributed by atoms with E-state index in [0.29, 0.717) is 6.10 Å². The van der Waals surface area contributed by atoms with Crippen LogP contribution in [0.2, 0.25) is 0 Å². The third-order valence-corrected chi connectivity index (χ3v) is 5.12. The molecule has 2 saturated heterocycles. The quantitative estimate of drug-likeness (QED) is 0.764. The van der Waals surface area contributed by atoms with Crippen molar-refractivity contribution in [2.75, 3.05) is 32.8 Å². The van der Waals surface area contributed by atoms with Crippen molar-refractivity contribution in [3.05, 3.63) is 35.4 Å². The smallest absolute Gasteiger partial charge is 0.157 e. The van der Waals surface area contributed by atoms with Gasteiger partial charge >= 0.3 is 0 Å². The molecule has 0 aliphatic carbocycles. The van der Waals surface area contributed by atoms with Crippen molar-refractivity contribution in [2.45, 2.75) is 58.0 Å². The molecule has 0 saturated carbocycles. The SMILES string of the molecule is Cc1ccccc1COC1CCN(CCO[C@H]2CCCCO2)CC1. The zero-order valence-electron chi connectivity index (χ0n) is 14.9. The average molecular weight is 333 g/mol. The predicted molar refractivity (Wildman–Crippen MR) is 95.0 cm³/mol. The van der Waals surface area contributed by atoms with E-state index in [1.807, 2.05) is 0 Å². The second-order valence-electron chi connectivity index (χ2n) is 6.95. The number of hydrogen-bond donors (Lipinski definition) is 0. The van der Waals surface area contributed by atoms with Crippen LogP contribution in [0.5, 0.6) is 0 Å². The van der Waals surface area contributed by atoms with Crippen LogP contribution in [0.15, 0.2) is 24.3 Å². The summed E-state index contributed by atoms with van der Waals surface area (Å²) in [7, 11) is 0. The molecule has 0 spiro atoms. The van der Waals surface area contributed by atoms with Gasteiger partial charge in [0.1, 0.15) is 0 Å². The number of piperidine rings is 1. The molecule has 2 aliphatic heterocycles. The summed E-state index contributed by atoms with van der Waals surface area (Å²) in [5.74, 6) is 0. The lowest BCUT2D eigenvalue weighted by Crippen LogP contribution is -2.39. The maximum Gasteiger partial charge on any atom is 0.157 e. The Balaban J connectivity index is 1.29. The average Bonchev–Trinajstić information content (AvgIpc) is 2.63. The predicted octanol–water partition coefficient (Wildman–Crippen LogP) is 3.52. The molecule has 0 amide bonds. The second kappa shape index (κ2) is 9.52. The Kier molecular flexibility index (Phi) is 7.09. The molecule has 4 nitrogen and oxygen atoms in total. The molecule has 1 aromatic rings. The highest BCUT2D eigenvalue weighted by atomic mass is 16.7. The van der Waals surface area contributed by atoms with E-state index in [-0.39, 0.29) is 6.29 Å². The molecule has 1 atom stereocenters. The minimum absolute atomic E-state index is 0.0359. The van der Waals surface area contributed by atoms with Crippen molar-refractivity contribution < 1.29 is 14.2 Å². The molecule has 0 bridgehead atoms. The van der Waals surface area contributed by atoms with Crippen molar-refractivity contribution >= 4 is 0 Å².